The predicted octanol–water partition coefficient (Wildman–Crippen LogP) is 3.30. The molecule has 1 atom stereocenters. The summed E-state index contributed by atoms with van der Waals surface area (Å²) in [5.74, 6) is 1.21. The summed E-state index contributed by atoms with van der Waals surface area (Å²) in [6.45, 7) is 2.86. The highest BCUT2D eigenvalue weighted by Gasteiger charge is 2.49. The Balaban J connectivity index is 1.33. The number of piperidine rings is 1. The van der Waals surface area contributed by atoms with E-state index in [1.165, 1.54) is 5.56 Å². The number of benzene rings is 1. The molecule has 3 heterocycles. The third kappa shape index (κ3) is 3.98. The Morgan fingerprint density at radius 1 is 1.04 bits per heavy atom. The second kappa shape index (κ2) is 8.21. The quantitative estimate of drug-likeness (QED) is 0.773. The second-order valence-electron chi connectivity index (χ2n) is 8.06. The van der Waals surface area contributed by atoms with Gasteiger partial charge in [0.25, 0.3) is 0 Å². The third-order valence-corrected chi connectivity index (χ3v) is 6.21. The fraction of sp³-hybridized carbons (Fsp3) is 0.478. The van der Waals surface area contributed by atoms with Gasteiger partial charge in [0.15, 0.2) is 0 Å². The van der Waals surface area contributed by atoms with Gasteiger partial charge in [-0.3, -0.25) is 9.59 Å². The molecule has 1 aromatic carbocycles. The maximum atomic E-state index is 13.3. The number of carbonyl (C=O) groups is 2. The molecule has 2 aliphatic rings. The van der Waals surface area contributed by atoms with Gasteiger partial charge >= 0.3 is 0 Å². The van der Waals surface area contributed by atoms with Gasteiger partial charge < -0.3 is 14.2 Å². The Labute approximate surface area is 166 Å². The van der Waals surface area contributed by atoms with Gasteiger partial charge in [0, 0.05) is 39.0 Å². The summed E-state index contributed by atoms with van der Waals surface area (Å²) in [5.41, 5.74) is 0.894. The molecule has 1 aromatic heterocycles. The number of rotatable bonds is 6. The smallest absolute Gasteiger partial charge is 0.230 e. The Hall–Kier alpha value is -2.56. The van der Waals surface area contributed by atoms with Gasteiger partial charge in [0.1, 0.15) is 5.76 Å². The number of aryl methyl sites for hydroxylation is 1. The minimum absolute atomic E-state index is 0.127. The van der Waals surface area contributed by atoms with E-state index >= 15 is 0 Å². The van der Waals surface area contributed by atoms with Crippen LogP contribution in [-0.2, 0) is 22.4 Å². The van der Waals surface area contributed by atoms with E-state index in [0.717, 1.165) is 44.5 Å². The minimum atomic E-state index is -0.366. The van der Waals surface area contributed by atoms with E-state index in [9.17, 15) is 9.59 Å². The predicted molar refractivity (Wildman–Crippen MR) is 107 cm³/mol. The summed E-state index contributed by atoms with van der Waals surface area (Å²) < 4.78 is 5.32. The van der Waals surface area contributed by atoms with E-state index in [0.29, 0.717) is 25.9 Å². The van der Waals surface area contributed by atoms with Crippen molar-refractivity contribution in [2.45, 2.75) is 38.5 Å². The number of amides is 2. The van der Waals surface area contributed by atoms with Crippen LogP contribution >= 0.6 is 0 Å². The van der Waals surface area contributed by atoms with Crippen molar-refractivity contribution in [3.63, 3.8) is 0 Å². The normalized spacial score (nSPS) is 22.2. The lowest BCUT2D eigenvalue weighted by molar-refractivity contribution is -0.146. The highest BCUT2D eigenvalue weighted by Crippen LogP contribution is 2.40. The zero-order valence-corrected chi connectivity index (χ0v) is 16.3. The molecule has 2 amide bonds. The van der Waals surface area contributed by atoms with Gasteiger partial charge in [-0.2, -0.15) is 0 Å². The molecule has 1 unspecified atom stereocenters. The molecule has 0 radical (unpaired) electrons. The van der Waals surface area contributed by atoms with Gasteiger partial charge in [-0.15, -0.1) is 0 Å². The summed E-state index contributed by atoms with van der Waals surface area (Å²) >= 11 is 0. The van der Waals surface area contributed by atoms with Gasteiger partial charge in [-0.1, -0.05) is 30.3 Å². The van der Waals surface area contributed by atoms with Crippen molar-refractivity contribution < 1.29 is 14.0 Å². The first kappa shape index (κ1) is 18.8. The second-order valence-corrected chi connectivity index (χ2v) is 8.06. The highest BCUT2D eigenvalue weighted by molar-refractivity contribution is 5.86. The molecule has 0 aliphatic carbocycles. The van der Waals surface area contributed by atoms with Crippen LogP contribution in [0.4, 0.5) is 0 Å². The zero-order valence-electron chi connectivity index (χ0n) is 16.3. The fourth-order valence-electron chi connectivity index (χ4n) is 4.58. The first-order chi connectivity index (χ1) is 13.7. The molecular weight excluding hydrogens is 352 g/mol. The summed E-state index contributed by atoms with van der Waals surface area (Å²) in [6.07, 6.45) is 6.29. The molecule has 4 rings (SSSR count). The van der Waals surface area contributed by atoms with Crippen LogP contribution in [0, 0.1) is 5.41 Å². The Kier molecular flexibility index (Phi) is 5.51. The molecule has 148 valence electrons. The number of carbonyl (C=O) groups excluding carboxylic acids is 2. The van der Waals surface area contributed by atoms with E-state index in [1.807, 2.05) is 40.1 Å². The monoisotopic (exact) mass is 380 g/mol. The van der Waals surface area contributed by atoms with Crippen LogP contribution < -0.4 is 0 Å². The van der Waals surface area contributed by atoms with Crippen molar-refractivity contribution in [1.82, 2.24) is 9.80 Å². The third-order valence-electron chi connectivity index (χ3n) is 6.21. The van der Waals surface area contributed by atoms with Crippen molar-refractivity contribution >= 4 is 11.8 Å². The topological polar surface area (TPSA) is 53.8 Å². The highest BCUT2D eigenvalue weighted by atomic mass is 16.3. The standard InChI is InChI=1S/C23H28N2O3/c26-21(10-9-20-8-4-17-28-20)25-16-13-23(18-25)12-5-14-24(22(23)27)15-11-19-6-2-1-3-7-19/h1-4,6-8,17H,5,9-16,18H2. The molecule has 0 N–H and O–H groups in total. The summed E-state index contributed by atoms with van der Waals surface area (Å²) in [7, 11) is 0. The first-order valence-electron chi connectivity index (χ1n) is 10.3. The lowest BCUT2D eigenvalue weighted by atomic mass is 9.78. The average molecular weight is 380 g/mol. The average Bonchev–Trinajstić information content (AvgIpc) is 3.39. The van der Waals surface area contributed by atoms with Crippen molar-refractivity contribution in [3.8, 4) is 0 Å². The Morgan fingerprint density at radius 2 is 1.89 bits per heavy atom. The molecule has 2 fully saturated rings. The minimum Gasteiger partial charge on any atom is -0.469 e. The Bertz CT molecular complexity index is 803. The molecule has 0 saturated carbocycles. The van der Waals surface area contributed by atoms with Crippen LogP contribution in [0.3, 0.4) is 0 Å². The number of furan rings is 1. The Morgan fingerprint density at radius 3 is 2.68 bits per heavy atom. The number of likely N-dealkylation sites (tertiary alicyclic amines) is 2. The molecule has 2 aromatic rings. The van der Waals surface area contributed by atoms with Crippen LogP contribution in [0.5, 0.6) is 0 Å². The largest absolute Gasteiger partial charge is 0.469 e. The van der Waals surface area contributed by atoms with E-state index in [-0.39, 0.29) is 17.2 Å². The zero-order chi connectivity index (χ0) is 19.4. The lowest BCUT2D eigenvalue weighted by Gasteiger charge is -2.39. The lowest BCUT2D eigenvalue weighted by Crippen LogP contribution is -2.50. The van der Waals surface area contributed by atoms with Gasteiger partial charge in [-0.05, 0) is 43.4 Å². The molecule has 5 nitrogen and oxygen atoms in total. The van der Waals surface area contributed by atoms with E-state index in [4.69, 9.17) is 4.42 Å². The first-order valence-corrected chi connectivity index (χ1v) is 10.3. The molecule has 2 saturated heterocycles. The molecule has 2 aliphatic heterocycles. The van der Waals surface area contributed by atoms with E-state index in [1.54, 1.807) is 6.26 Å². The maximum Gasteiger partial charge on any atom is 0.230 e. The van der Waals surface area contributed by atoms with E-state index < -0.39 is 0 Å². The van der Waals surface area contributed by atoms with Crippen LogP contribution in [0.1, 0.15) is 37.0 Å². The van der Waals surface area contributed by atoms with Crippen LogP contribution in [-0.4, -0.2) is 47.8 Å². The van der Waals surface area contributed by atoms with Gasteiger partial charge in [0.05, 0.1) is 11.7 Å². The van der Waals surface area contributed by atoms with Crippen molar-refractivity contribution in [3.05, 3.63) is 60.1 Å². The van der Waals surface area contributed by atoms with Crippen molar-refractivity contribution in [2.24, 2.45) is 5.41 Å². The molecular formula is C23H28N2O3. The SMILES string of the molecule is O=C(CCc1ccco1)N1CCC2(CCCN(CCc3ccccc3)C2=O)C1. The van der Waals surface area contributed by atoms with Crippen LogP contribution in [0.15, 0.2) is 53.1 Å². The fourth-order valence-corrected chi connectivity index (χ4v) is 4.58. The molecule has 0 bridgehead atoms. The van der Waals surface area contributed by atoms with Crippen molar-refractivity contribution in [2.75, 3.05) is 26.2 Å². The van der Waals surface area contributed by atoms with E-state index in [2.05, 4.69) is 12.1 Å². The maximum absolute atomic E-state index is 13.3. The van der Waals surface area contributed by atoms with Crippen LogP contribution in [0.25, 0.3) is 0 Å². The summed E-state index contributed by atoms with van der Waals surface area (Å²) in [5, 5.41) is 0. The van der Waals surface area contributed by atoms with Gasteiger partial charge in [0.2, 0.25) is 11.8 Å². The van der Waals surface area contributed by atoms with Crippen LogP contribution in [0.2, 0.25) is 0 Å². The summed E-state index contributed by atoms with van der Waals surface area (Å²) in [4.78, 5) is 29.8. The van der Waals surface area contributed by atoms with Crippen molar-refractivity contribution in [1.29, 1.82) is 0 Å². The molecule has 5 heteroatoms. The number of hydrogen-bond acceptors (Lipinski definition) is 3. The van der Waals surface area contributed by atoms with Gasteiger partial charge in [-0.25, -0.2) is 0 Å². The number of hydrogen-bond donors (Lipinski definition) is 0. The number of nitrogens with zero attached hydrogens (tertiary/aromatic N) is 2. The summed E-state index contributed by atoms with van der Waals surface area (Å²) in [6, 6.07) is 14.1. The molecule has 1 spiro atoms. The molecule has 28 heavy (non-hydrogen) atoms.